The van der Waals surface area contributed by atoms with Crippen LogP contribution in [0.2, 0.25) is 0 Å². The van der Waals surface area contributed by atoms with E-state index in [1.165, 1.54) is 17.7 Å². The topological polar surface area (TPSA) is 57.6 Å². The number of aryl methyl sites for hydroxylation is 1. The maximum atomic E-state index is 11.0. The van der Waals surface area contributed by atoms with E-state index in [1.54, 1.807) is 12.1 Å². The molecule has 0 aliphatic carbocycles. The van der Waals surface area contributed by atoms with E-state index in [0.717, 1.165) is 17.8 Å². The normalized spacial score (nSPS) is 10.4. The summed E-state index contributed by atoms with van der Waals surface area (Å²) in [5, 5.41) is 0. The Bertz CT molecular complexity index is 701. The van der Waals surface area contributed by atoms with Gasteiger partial charge in [-0.05, 0) is 43.7 Å². The Morgan fingerprint density at radius 2 is 1.48 bits per heavy atom. The summed E-state index contributed by atoms with van der Waals surface area (Å²) in [5.41, 5.74) is 3.33. The summed E-state index contributed by atoms with van der Waals surface area (Å²) in [5.74, 6) is 0. The van der Waals surface area contributed by atoms with Crippen LogP contribution < -0.4 is 4.90 Å². The van der Waals surface area contributed by atoms with Gasteiger partial charge in [-0.15, -0.1) is 0 Å². The van der Waals surface area contributed by atoms with Gasteiger partial charge in [0.2, 0.25) is 0 Å². The molecule has 0 saturated heterocycles. The van der Waals surface area contributed by atoms with Gasteiger partial charge in [0.05, 0.1) is 4.90 Å². The van der Waals surface area contributed by atoms with Gasteiger partial charge in [-0.1, -0.05) is 29.8 Å². The summed E-state index contributed by atoms with van der Waals surface area (Å²) >= 11 is 0. The van der Waals surface area contributed by atoms with Gasteiger partial charge >= 0.3 is 59.1 Å². The van der Waals surface area contributed by atoms with Crippen LogP contribution in [0, 0.1) is 6.92 Å². The van der Waals surface area contributed by atoms with Crippen molar-refractivity contribution in [2.24, 2.45) is 0 Å². The van der Waals surface area contributed by atoms with Crippen molar-refractivity contribution >= 4 is 74.9 Å². The van der Waals surface area contributed by atoms with Gasteiger partial charge in [0.1, 0.15) is 0 Å². The van der Waals surface area contributed by atoms with Gasteiger partial charge in [0, 0.05) is 18.8 Å². The molecule has 0 amide bonds. The minimum absolute atomic E-state index is 0. The number of hydrogen-bond donors (Lipinski definition) is 1. The summed E-state index contributed by atoms with van der Waals surface area (Å²) in [6, 6.07) is 14.6. The minimum atomic E-state index is -4.12. The Kier molecular flexibility index (Phi) is 10.3. The Hall–Kier alpha value is 0.150. The third kappa shape index (κ3) is 6.88. The predicted octanol–water partition coefficient (Wildman–Crippen LogP) is 1.97. The molecule has 0 saturated carbocycles. The zero-order valence-corrected chi connectivity index (χ0v) is 13.0. The SMILES string of the molecule is CCN(Cc1ccc(S(=O)(=O)O)cc1)c1ccc(C)cc1.[NaH].[NaH]. The Labute approximate surface area is 182 Å². The van der Waals surface area contributed by atoms with Crippen LogP contribution in [0.25, 0.3) is 0 Å². The molecule has 0 unspecified atom stereocenters. The van der Waals surface area contributed by atoms with Crippen LogP contribution in [-0.2, 0) is 16.7 Å². The second kappa shape index (κ2) is 10.2. The fourth-order valence-electron chi connectivity index (χ4n) is 2.13. The van der Waals surface area contributed by atoms with Crippen LogP contribution in [0.15, 0.2) is 53.4 Å². The summed E-state index contributed by atoms with van der Waals surface area (Å²) in [4.78, 5) is 2.12. The number of nitrogens with zero attached hydrogens (tertiary/aromatic N) is 1. The van der Waals surface area contributed by atoms with E-state index in [-0.39, 0.29) is 64.0 Å². The molecule has 23 heavy (non-hydrogen) atoms. The van der Waals surface area contributed by atoms with Crippen LogP contribution in [0.3, 0.4) is 0 Å². The second-order valence-corrected chi connectivity index (χ2v) is 6.39. The zero-order valence-electron chi connectivity index (χ0n) is 12.2. The Morgan fingerprint density at radius 1 is 0.957 bits per heavy atom. The van der Waals surface area contributed by atoms with Crippen molar-refractivity contribution < 1.29 is 13.0 Å². The molecule has 2 aromatic carbocycles. The monoisotopic (exact) mass is 353 g/mol. The molecule has 4 nitrogen and oxygen atoms in total. The van der Waals surface area contributed by atoms with Crippen molar-refractivity contribution in [3.05, 3.63) is 59.7 Å². The molecule has 0 fully saturated rings. The fourth-order valence-corrected chi connectivity index (χ4v) is 2.61. The molecule has 2 aromatic rings. The fraction of sp³-hybridized carbons (Fsp3) is 0.250. The number of rotatable bonds is 5. The Balaban J connectivity index is 0.00000242. The van der Waals surface area contributed by atoms with Gasteiger partial charge in [-0.25, -0.2) is 0 Å². The first-order valence-electron chi connectivity index (χ1n) is 6.78. The van der Waals surface area contributed by atoms with E-state index in [4.69, 9.17) is 4.55 Å². The molecule has 0 spiro atoms. The quantitative estimate of drug-likeness (QED) is 0.660. The first kappa shape index (κ1) is 23.1. The van der Waals surface area contributed by atoms with E-state index in [1.807, 2.05) is 6.92 Å². The summed E-state index contributed by atoms with van der Waals surface area (Å²) in [6.07, 6.45) is 0. The summed E-state index contributed by atoms with van der Waals surface area (Å²) < 4.78 is 31.0. The van der Waals surface area contributed by atoms with E-state index in [2.05, 4.69) is 36.1 Å². The van der Waals surface area contributed by atoms with Crippen molar-refractivity contribution in [1.82, 2.24) is 0 Å². The van der Waals surface area contributed by atoms with Crippen LogP contribution in [0.5, 0.6) is 0 Å². The van der Waals surface area contributed by atoms with Crippen molar-refractivity contribution in [2.45, 2.75) is 25.3 Å². The molecule has 2 rings (SSSR count). The molecule has 116 valence electrons. The molecule has 0 bridgehead atoms. The summed E-state index contributed by atoms with van der Waals surface area (Å²) in [6.45, 7) is 5.66. The predicted molar refractivity (Wildman–Crippen MR) is 98.5 cm³/mol. The van der Waals surface area contributed by atoms with Crippen LogP contribution in [0.4, 0.5) is 5.69 Å². The maximum absolute atomic E-state index is 11.0. The van der Waals surface area contributed by atoms with Gasteiger partial charge in [0.25, 0.3) is 10.1 Å². The number of anilines is 1. The summed E-state index contributed by atoms with van der Waals surface area (Å²) in [7, 11) is -4.12. The van der Waals surface area contributed by atoms with Gasteiger partial charge in [-0.3, -0.25) is 4.55 Å². The first-order valence-corrected chi connectivity index (χ1v) is 8.22. The molecule has 0 aromatic heterocycles. The number of benzene rings is 2. The van der Waals surface area contributed by atoms with Crippen molar-refractivity contribution in [3.8, 4) is 0 Å². The zero-order chi connectivity index (χ0) is 15.5. The van der Waals surface area contributed by atoms with Crippen molar-refractivity contribution in [3.63, 3.8) is 0 Å². The first-order chi connectivity index (χ1) is 9.90. The van der Waals surface area contributed by atoms with Gasteiger partial charge < -0.3 is 4.90 Å². The average Bonchev–Trinajstić information content (AvgIpc) is 2.45. The Morgan fingerprint density at radius 3 is 1.91 bits per heavy atom. The van der Waals surface area contributed by atoms with E-state index in [0.29, 0.717) is 6.54 Å². The molecular formula is C16H21NNa2O3S. The molecule has 0 aliphatic heterocycles. The molecule has 0 aliphatic rings. The molecule has 7 heteroatoms. The average molecular weight is 353 g/mol. The van der Waals surface area contributed by atoms with Crippen LogP contribution >= 0.6 is 0 Å². The molecule has 1 N–H and O–H groups in total. The molecule has 0 atom stereocenters. The number of hydrogen-bond acceptors (Lipinski definition) is 3. The third-order valence-electron chi connectivity index (χ3n) is 3.38. The van der Waals surface area contributed by atoms with Crippen LogP contribution in [0.1, 0.15) is 18.1 Å². The van der Waals surface area contributed by atoms with E-state index in [9.17, 15) is 8.42 Å². The van der Waals surface area contributed by atoms with Crippen molar-refractivity contribution in [2.75, 3.05) is 11.4 Å². The molecule has 0 radical (unpaired) electrons. The van der Waals surface area contributed by atoms with Gasteiger partial charge in [0.15, 0.2) is 0 Å². The molecule has 0 heterocycles. The van der Waals surface area contributed by atoms with E-state index >= 15 is 0 Å². The molecular weight excluding hydrogens is 332 g/mol. The van der Waals surface area contributed by atoms with E-state index < -0.39 is 10.1 Å². The van der Waals surface area contributed by atoms with Crippen molar-refractivity contribution in [1.29, 1.82) is 0 Å². The van der Waals surface area contributed by atoms with Crippen LogP contribution in [-0.4, -0.2) is 78.6 Å². The standard InChI is InChI=1S/C16H19NO3S.2Na.2H/c1-3-17(15-8-4-13(2)5-9-15)12-14-6-10-16(11-7-14)21(18,19)20;;;;/h4-11H,3,12H2,1-2H3,(H,18,19,20);;;;. The van der Waals surface area contributed by atoms with Gasteiger partial charge in [-0.2, -0.15) is 8.42 Å². The third-order valence-corrected chi connectivity index (χ3v) is 4.24. The second-order valence-electron chi connectivity index (χ2n) is 4.97.